The lowest BCUT2D eigenvalue weighted by atomic mass is 10.1. The maximum Gasteiger partial charge on any atom is 0.236 e. The predicted octanol–water partition coefficient (Wildman–Crippen LogP) is 2.73. The molecular weight excluding hydrogens is 246 g/mol. The van der Waals surface area contributed by atoms with E-state index < -0.39 is 0 Å². The summed E-state index contributed by atoms with van der Waals surface area (Å²) in [5.41, 5.74) is 2.29. The lowest BCUT2D eigenvalue weighted by Crippen LogP contribution is -2.33. The third-order valence-corrected chi connectivity index (χ3v) is 3.76. The van der Waals surface area contributed by atoms with Crippen LogP contribution < -0.4 is 9.64 Å². The number of aryl methyl sites for hydroxylation is 1. The number of rotatable bonds is 3. The van der Waals surface area contributed by atoms with Gasteiger partial charge in [-0.25, -0.2) is 0 Å². The predicted molar refractivity (Wildman–Crippen MR) is 76.7 cm³/mol. The van der Waals surface area contributed by atoms with Crippen molar-refractivity contribution < 1.29 is 9.53 Å². The number of methoxy groups -OCH3 is 1. The first-order valence-corrected chi connectivity index (χ1v) is 7.62. The molecular formula is C14H19NO2S. The van der Waals surface area contributed by atoms with Crippen molar-refractivity contribution in [3.8, 4) is 5.75 Å². The van der Waals surface area contributed by atoms with Crippen LogP contribution in [0.4, 0.5) is 5.69 Å². The van der Waals surface area contributed by atoms with Crippen LogP contribution in [0.25, 0.3) is 0 Å². The zero-order valence-corrected chi connectivity index (χ0v) is 11.8. The molecule has 1 aromatic carbocycles. The Morgan fingerprint density at radius 3 is 3.00 bits per heavy atom. The van der Waals surface area contributed by atoms with E-state index in [1.54, 1.807) is 18.9 Å². The Labute approximate surface area is 113 Å². The van der Waals surface area contributed by atoms with Gasteiger partial charge in [0.05, 0.1) is 12.9 Å². The number of benzene rings is 1. The first kappa shape index (κ1) is 13.3. The van der Waals surface area contributed by atoms with Crippen molar-refractivity contribution in [1.82, 2.24) is 0 Å². The number of ether oxygens (including phenoxy) is 1. The molecule has 0 N–H and O–H groups in total. The van der Waals surface area contributed by atoms with Crippen LogP contribution in [-0.4, -0.2) is 31.6 Å². The van der Waals surface area contributed by atoms with Gasteiger partial charge in [-0.15, -0.1) is 0 Å². The normalized spacial score (nSPS) is 14.9. The highest BCUT2D eigenvalue weighted by Crippen LogP contribution is 2.30. The third kappa shape index (κ3) is 2.80. The van der Waals surface area contributed by atoms with E-state index in [-0.39, 0.29) is 5.91 Å². The summed E-state index contributed by atoms with van der Waals surface area (Å²) in [4.78, 5) is 14.1. The zero-order valence-electron chi connectivity index (χ0n) is 10.9. The summed E-state index contributed by atoms with van der Waals surface area (Å²) < 4.78 is 5.26. The van der Waals surface area contributed by atoms with Crippen LogP contribution in [0.1, 0.15) is 18.4 Å². The number of anilines is 1. The Morgan fingerprint density at radius 1 is 1.44 bits per heavy atom. The van der Waals surface area contributed by atoms with Gasteiger partial charge in [-0.05, 0) is 49.3 Å². The molecule has 0 spiro atoms. The molecule has 0 saturated heterocycles. The number of amides is 1. The molecule has 0 fully saturated rings. The van der Waals surface area contributed by atoms with E-state index in [1.807, 2.05) is 23.3 Å². The Bertz CT molecular complexity index is 434. The summed E-state index contributed by atoms with van der Waals surface area (Å²) in [5.74, 6) is 1.62. The molecule has 0 unspecified atom stereocenters. The molecule has 3 nitrogen and oxygen atoms in total. The Hall–Kier alpha value is -1.16. The van der Waals surface area contributed by atoms with Gasteiger partial charge in [-0.1, -0.05) is 0 Å². The minimum Gasteiger partial charge on any atom is -0.497 e. The van der Waals surface area contributed by atoms with Crippen LogP contribution in [-0.2, 0) is 11.2 Å². The van der Waals surface area contributed by atoms with Gasteiger partial charge in [0, 0.05) is 12.2 Å². The van der Waals surface area contributed by atoms with E-state index >= 15 is 0 Å². The molecule has 0 saturated carbocycles. The van der Waals surface area contributed by atoms with Gasteiger partial charge in [-0.2, -0.15) is 11.8 Å². The average molecular weight is 265 g/mol. The van der Waals surface area contributed by atoms with Crippen LogP contribution in [0.15, 0.2) is 18.2 Å². The molecule has 0 aromatic heterocycles. The lowest BCUT2D eigenvalue weighted by molar-refractivity contribution is -0.116. The van der Waals surface area contributed by atoms with Crippen LogP contribution in [0.2, 0.25) is 0 Å². The van der Waals surface area contributed by atoms with Gasteiger partial charge in [-0.3, -0.25) is 4.79 Å². The molecule has 2 rings (SSSR count). The number of carbonyl (C=O) groups is 1. The molecule has 1 amide bonds. The molecule has 1 aromatic rings. The summed E-state index contributed by atoms with van der Waals surface area (Å²) in [6, 6.07) is 6.00. The SMILES string of the molecule is COc1ccc2c(c1)CCCCN2C(=O)CSC. The van der Waals surface area contributed by atoms with Gasteiger partial charge in [0.15, 0.2) is 0 Å². The molecule has 0 atom stereocenters. The van der Waals surface area contributed by atoms with Crippen molar-refractivity contribution in [2.75, 3.05) is 30.6 Å². The minimum absolute atomic E-state index is 0.204. The number of hydrogen-bond donors (Lipinski definition) is 0. The summed E-state index contributed by atoms with van der Waals surface area (Å²) in [6.07, 6.45) is 5.18. The number of nitrogens with zero attached hydrogens (tertiary/aromatic N) is 1. The first-order chi connectivity index (χ1) is 8.76. The van der Waals surface area contributed by atoms with Crippen LogP contribution in [0.5, 0.6) is 5.75 Å². The molecule has 98 valence electrons. The second-order valence-corrected chi connectivity index (χ2v) is 5.30. The van der Waals surface area contributed by atoms with Crippen molar-refractivity contribution >= 4 is 23.4 Å². The molecule has 0 radical (unpaired) electrons. The molecule has 18 heavy (non-hydrogen) atoms. The van der Waals surface area contributed by atoms with Crippen LogP contribution in [0.3, 0.4) is 0 Å². The Morgan fingerprint density at radius 2 is 2.28 bits per heavy atom. The molecule has 1 aliphatic heterocycles. The smallest absolute Gasteiger partial charge is 0.236 e. The molecule has 1 heterocycles. The van der Waals surface area contributed by atoms with Crippen LogP contribution in [0, 0.1) is 0 Å². The van der Waals surface area contributed by atoms with Gasteiger partial charge in [0.25, 0.3) is 0 Å². The zero-order chi connectivity index (χ0) is 13.0. The third-order valence-electron chi connectivity index (χ3n) is 3.22. The standard InChI is InChI=1S/C14H19NO2S/c1-17-12-6-7-13-11(9-12)5-3-4-8-15(13)14(16)10-18-2/h6-7,9H,3-5,8,10H2,1-2H3. The summed E-state index contributed by atoms with van der Waals surface area (Å²) in [5, 5.41) is 0. The van der Waals surface area contributed by atoms with Crippen molar-refractivity contribution in [2.45, 2.75) is 19.3 Å². The fourth-order valence-corrected chi connectivity index (χ4v) is 2.72. The average Bonchev–Trinajstić information content (AvgIpc) is 2.60. The maximum atomic E-state index is 12.1. The molecule has 1 aliphatic rings. The van der Waals surface area contributed by atoms with Crippen molar-refractivity contribution in [3.05, 3.63) is 23.8 Å². The van der Waals surface area contributed by atoms with Gasteiger partial charge in [0.1, 0.15) is 5.75 Å². The Kier molecular flexibility index (Phi) is 4.53. The fourth-order valence-electron chi connectivity index (χ4n) is 2.32. The van der Waals surface area contributed by atoms with Crippen LogP contribution >= 0.6 is 11.8 Å². The number of thioether (sulfide) groups is 1. The summed E-state index contributed by atoms with van der Waals surface area (Å²) >= 11 is 1.58. The molecule has 0 bridgehead atoms. The fraction of sp³-hybridized carbons (Fsp3) is 0.500. The van der Waals surface area contributed by atoms with E-state index in [1.165, 1.54) is 5.56 Å². The van der Waals surface area contributed by atoms with Crippen molar-refractivity contribution in [1.29, 1.82) is 0 Å². The van der Waals surface area contributed by atoms with Gasteiger partial charge in [0.2, 0.25) is 5.91 Å². The second kappa shape index (κ2) is 6.14. The lowest BCUT2D eigenvalue weighted by Gasteiger charge is -2.23. The number of fused-ring (bicyclic) bond motifs is 1. The molecule has 4 heteroatoms. The number of hydrogen-bond acceptors (Lipinski definition) is 3. The largest absolute Gasteiger partial charge is 0.497 e. The first-order valence-electron chi connectivity index (χ1n) is 6.22. The second-order valence-electron chi connectivity index (χ2n) is 4.43. The monoisotopic (exact) mass is 265 g/mol. The highest BCUT2D eigenvalue weighted by atomic mass is 32.2. The van der Waals surface area contributed by atoms with Gasteiger partial charge >= 0.3 is 0 Å². The van der Waals surface area contributed by atoms with Crippen molar-refractivity contribution in [2.24, 2.45) is 0 Å². The number of carbonyl (C=O) groups excluding carboxylic acids is 1. The minimum atomic E-state index is 0.204. The maximum absolute atomic E-state index is 12.1. The van der Waals surface area contributed by atoms with Gasteiger partial charge < -0.3 is 9.64 Å². The highest BCUT2D eigenvalue weighted by molar-refractivity contribution is 7.99. The molecule has 0 aliphatic carbocycles. The van der Waals surface area contributed by atoms with E-state index in [2.05, 4.69) is 6.07 Å². The van der Waals surface area contributed by atoms with E-state index in [0.29, 0.717) is 5.75 Å². The quantitative estimate of drug-likeness (QED) is 0.841. The van der Waals surface area contributed by atoms with E-state index in [9.17, 15) is 4.79 Å². The topological polar surface area (TPSA) is 29.5 Å². The highest BCUT2D eigenvalue weighted by Gasteiger charge is 2.20. The van der Waals surface area contributed by atoms with E-state index in [4.69, 9.17) is 4.74 Å². The van der Waals surface area contributed by atoms with E-state index in [0.717, 1.165) is 37.2 Å². The van der Waals surface area contributed by atoms with Crippen molar-refractivity contribution in [3.63, 3.8) is 0 Å². The summed E-state index contributed by atoms with van der Waals surface area (Å²) in [7, 11) is 1.68. The summed E-state index contributed by atoms with van der Waals surface area (Å²) in [6.45, 7) is 0.832. The Balaban J connectivity index is 2.32.